The number of hydrogen-bond acceptors (Lipinski definition) is 2. The Labute approximate surface area is 113 Å². The zero-order valence-corrected chi connectivity index (χ0v) is 12.8. The molecule has 0 radical (unpaired) electrons. The highest BCUT2D eigenvalue weighted by molar-refractivity contribution is 5.08. The van der Waals surface area contributed by atoms with Crippen molar-refractivity contribution >= 4 is 0 Å². The number of allylic oxidation sites excluding steroid dienone is 1. The van der Waals surface area contributed by atoms with Crippen LogP contribution in [-0.2, 0) is 0 Å². The highest BCUT2D eigenvalue weighted by atomic mass is 15.3. The van der Waals surface area contributed by atoms with Crippen LogP contribution < -0.4 is 5.32 Å². The van der Waals surface area contributed by atoms with Crippen LogP contribution in [0.1, 0.15) is 47.5 Å². The molecule has 0 aromatic carbocycles. The van der Waals surface area contributed by atoms with E-state index in [0.29, 0.717) is 11.6 Å². The monoisotopic (exact) mass is 250 g/mol. The molecule has 0 aromatic heterocycles. The van der Waals surface area contributed by atoms with Gasteiger partial charge in [-0.1, -0.05) is 25.5 Å². The number of nitrogens with zero attached hydrogens (tertiary/aromatic N) is 1. The molecule has 2 rings (SSSR count). The number of piperazine rings is 1. The first kappa shape index (κ1) is 14.1. The molecule has 0 spiro atoms. The van der Waals surface area contributed by atoms with Crippen LogP contribution in [0.4, 0.5) is 0 Å². The van der Waals surface area contributed by atoms with Crippen LogP contribution in [0.3, 0.4) is 0 Å². The number of hydrogen-bond donors (Lipinski definition) is 1. The van der Waals surface area contributed by atoms with Gasteiger partial charge in [0.1, 0.15) is 0 Å². The third kappa shape index (κ3) is 2.97. The van der Waals surface area contributed by atoms with E-state index in [1.807, 2.05) is 0 Å². The van der Waals surface area contributed by atoms with Gasteiger partial charge < -0.3 is 5.32 Å². The van der Waals surface area contributed by atoms with E-state index in [0.717, 1.165) is 24.9 Å². The molecule has 0 amide bonds. The molecule has 1 aliphatic heterocycles. The summed E-state index contributed by atoms with van der Waals surface area (Å²) in [5.41, 5.74) is 1.82. The molecule has 1 aliphatic carbocycles. The van der Waals surface area contributed by atoms with E-state index < -0.39 is 0 Å². The molecule has 104 valence electrons. The van der Waals surface area contributed by atoms with Crippen LogP contribution in [0.5, 0.6) is 0 Å². The molecule has 2 atom stereocenters. The first-order chi connectivity index (χ1) is 8.43. The van der Waals surface area contributed by atoms with E-state index in [4.69, 9.17) is 0 Å². The zero-order chi connectivity index (χ0) is 13.3. The minimum Gasteiger partial charge on any atom is -0.311 e. The van der Waals surface area contributed by atoms with E-state index in [1.54, 1.807) is 0 Å². The Bertz CT molecular complexity index is 313. The lowest BCUT2D eigenvalue weighted by atomic mass is 9.87. The van der Waals surface area contributed by atoms with Crippen molar-refractivity contribution in [1.82, 2.24) is 10.2 Å². The van der Waals surface area contributed by atoms with Gasteiger partial charge in [0.05, 0.1) is 0 Å². The van der Waals surface area contributed by atoms with Crippen molar-refractivity contribution in [3.8, 4) is 0 Å². The SMILES string of the molecule is CC(C)=CCN1CC(C(C)C)NCC1(C)C1CC1. The van der Waals surface area contributed by atoms with Crippen molar-refractivity contribution < 1.29 is 0 Å². The van der Waals surface area contributed by atoms with Crippen LogP contribution in [0, 0.1) is 11.8 Å². The Hall–Kier alpha value is -0.340. The molecule has 18 heavy (non-hydrogen) atoms. The van der Waals surface area contributed by atoms with Gasteiger partial charge in [-0.2, -0.15) is 0 Å². The van der Waals surface area contributed by atoms with Gasteiger partial charge in [0.15, 0.2) is 0 Å². The van der Waals surface area contributed by atoms with Crippen LogP contribution in [-0.4, -0.2) is 36.1 Å². The zero-order valence-electron chi connectivity index (χ0n) is 12.8. The van der Waals surface area contributed by atoms with Gasteiger partial charge in [-0.15, -0.1) is 0 Å². The second-order valence-electron chi connectivity index (χ2n) is 7.05. The third-order valence-electron chi connectivity index (χ3n) is 4.84. The lowest BCUT2D eigenvalue weighted by Crippen LogP contribution is -2.65. The molecule has 2 unspecified atom stereocenters. The summed E-state index contributed by atoms with van der Waals surface area (Å²) < 4.78 is 0. The molecular formula is C16H30N2. The first-order valence-corrected chi connectivity index (χ1v) is 7.55. The summed E-state index contributed by atoms with van der Waals surface area (Å²) in [6.45, 7) is 15.0. The molecule has 1 heterocycles. The van der Waals surface area contributed by atoms with E-state index in [9.17, 15) is 0 Å². The standard InChI is InChI=1S/C16H30N2/c1-12(2)8-9-18-10-15(13(3)4)17-11-16(18,5)14-6-7-14/h8,13-15,17H,6-7,9-11H2,1-5H3. The smallest absolute Gasteiger partial charge is 0.0337 e. The highest BCUT2D eigenvalue weighted by Gasteiger charge is 2.48. The Morgan fingerprint density at radius 2 is 2.06 bits per heavy atom. The lowest BCUT2D eigenvalue weighted by Gasteiger charge is -2.49. The minimum absolute atomic E-state index is 0.386. The maximum Gasteiger partial charge on any atom is 0.0337 e. The van der Waals surface area contributed by atoms with Gasteiger partial charge in [0, 0.05) is 31.2 Å². The normalized spacial score (nSPS) is 33.8. The molecule has 2 nitrogen and oxygen atoms in total. The molecule has 2 heteroatoms. The summed E-state index contributed by atoms with van der Waals surface area (Å²) >= 11 is 0. The van der Waals surface area contributed by atoms with Crippen molar-refractivity contribution in [1.29, 1.82) is 0 Å². The van der Waals surface area contributed by atoms with Gasteiger partial charge in [0.2, 0.25) is 0 Å². The summed E-state index contributed by atoms with van der Waals surface area (Å²) in [5.74, 6) is 1.65. The third-order valence-corrected chi connectivity index (χ3v) is 4.84. The van der Waals surface area contributed by atoms with Gasteiger partial charge >= 0.3 is 0 Å². The fraction of sp³-hybridized carbons (Fsp3) is 0.875. The van der Waals surface area contributed by atoms with E-state index in [2.05, 4.69) is 50.9 Å². The molecule has 1 N–H and O–H groups in total. The molecule has 2 fully saturated rings. The Balaban J connectivity index is 2.08. The summed E-state index contributed by atoms with van der Waals surface area (Å²) in [6, 6.07) is 0.655. The number of rotatable bonds is 4. The largest absolute Gasteiger partial charge is 0.311 e. The van der Waals surface area contributed by atoms with E-state index in [1.165, 1.54) is 25.0 Å². The van der Waals surface area contributed by atoms with Gasteiger partial charge in [-0.3, -0.25) is 4.90 Å². The Morgan fingerprint density at radius 1 is 1.39 bits per heavy atom. The van der Waals surface area contributed by atoms with Crippen molar-refractivity contribution in [2.45, 2.75) is 59.0 Å². The molecule has 1 saturated carbocycles. The molecule has 2 aliphatic rings. The van der Waals surface area contributed by atoms with Crippen molar-refractivity contribution in [3.05, 3.63) is 11.6 Å². The van der Waals surface area contributed by atoms with Crippen LogP contribution in [0.15, 0.2) is 11.6 Å². The minimum atomic E-state index is 0.386. The van der Waals surface area contributed by atoms with Gasteiger partial charge in [-0.05, 0) is 45.4 Å². The predicted octanol–water partition coefficient (Wildman–Crippen LogP) is 3.05. The van der Waals surface area contributed by atoms with Crippen molar-refractivity contribution in [2.75, 3.05) is 19.6 Å². The summed E-state index contributed by atoms with van der Waals surface area (Å²) in [6.07, 6.45) is 5.25. The quantitative estimate of drug-likeness (QED) is 0.772. The summed E-state index contributed by atoms with van der Waals surface area (Å²) in [7, 11) is 0. The van der Waals surface area contributed by atoms with Gasteiger partial charge in [-0.25, -0.2) is 0 Å². The van der Waals surface area contributed by atoms with Gasteiger partial charge in [0.25, 0.3) is 0 Å². The topological polar surface area (TPSA) is 15.3 Å². The first-order valence-electron chi connectivity index (χ1n) is 7.55. The second-order valence-corrected chi connectivity index (χ2v) is 7.05. The average molecular weight is 250 g/mol. The molecule has 1 saturated heterocycles. The maximum absolute atomic E-state index is 3.79. The average Bonchev–Trinajstić information content (AvgIpc) is 3.11. The predicted molar refractivity (Wildman–Crippen MR) is 78.8 cm³/mol. The second kappa shape index (κ2) is 5.34. The van der Waals surface area contributed by atoms with Crippen molar-refractivity contribution in [2.24, 2.45) is 11.8 Å². The van der Waals surface area contributed by atoms with Crippen LogP contribution in [0.2, 0.25) is 0 Å². The number of nitrogens with one attached hydrogen (secondary N) is 1. The summed E-state index contributed by atoms with van der Waals surface area (Å²) in [4.78, 5) is 2.73. The molecule has 0 bridgehead atoms. The summed E-state index contributed by atoms with van der Waals surface area (Å²) in [5, 5.41) is 3.79. The Kier molecular flexibility index (Phi) is 4.18. The van der Waals surface area contributed by atoms with E-state index >= 15 is 0 Å². The maximum atomic E-state index is 3.79. The van der Waals surface area contributed by atoms with Crippen molar-refractivity contribution in [3.63, 3.8) is 0 Å². The fourth-order valence-corrected chi connectivity index (χ4v) is 3.09. The Morgan fingerprint density at radius 3 is 2.56 bits per heavy atom. The fourth-order valence-electron chi connectivity index (χ4n) is 3.09. The van der Waals surface area contributed by atoms with Crippen LogP contribution >= 0.6 is 0 Å². The van der Waals surface area contributed by atoms with Crippen LogP contribution in [0.25, 0.3) is 0 Å². The molecule has 0 aromatic rings. The van der Waals surface area contributed by atoms with E-state index in [-0.39, 0.29) is 0 Å². The molecular weight excluding hydrogens is 220 g/mol. The highest BCUT2D eigenvalue weighted by Crippen LogP contribution is 2.44. The lowest BCUT2D eigenvalue weighted by molar-refractivity contribution is 0.0356.